The Hall–Kier alpha value is -2.72. The molecule has 1 aromatic heterocycles. The van der Waals surface area contributed by atoms with Crippen molar-refractivity contribution in [2.24, 2.45) is 7.05 Å². The van der Waals surface area contributed by atoms with E-state index in [1.807, 2.05) is 25.2 Å². The van der Waals surface area contributed by atoms with Gasteiger partial charge in [-0.05, 0) is 24.6 Å². The highest BCUT2D eigenvalue weighted by molar-refractivity contribution is 8.00. The van der Waals surface area contributed by atoms with Crippen molar-refractivity contribution in [3.63, 3.8) is 0 Å². The van der Waals surface area contributed by atoms with Gasteiger partial charge in [0.2, 0.25) is 11.8 Å². The Labute approximate surface area is 211 Å². The molecule has 9 nitrogen and oxygen atoms in total. The molecule has 10 heteroatoms. The van der Waals surface area contributed by atoms with E-state index in [1.54, 1.807) is 30.9 Å². The lowest BCUT2D eigenvalue weighted by atomic mass is 9.87. The third kappa shape index (κ3) is 5.92. The predicted octanol–water partition coefficient (Wildman–Crippen LogP) is 3.06. The molecule has 0 spiro atoms. The normalized spacial score (nSPS) is 16.0. The number of carbonyl (C=O) groups is 2. The highest BCUT2D eigenvalue weighted by Crippen LogP contribution is 2.50. The lowest BCUT2D eigenvalue weighted by Crippen LogP contribution is -2.42. The number of hydrogen-bond acceptors (Lipinski definition) is 7. The molecule has 0 unspecified atom stereocenters. The first-order valence-electron chi connectivity index (χ1n) is 11.6. The second-order valence-corrected chi connectivity index (χ2v) is 10.5. The quantitative estimate of drug-likeness (QED) is 0.525. The number of hydrogen-bond donors (Lipinski definition) is 1. The lowest BCUT2D eigenvalue weighted by Gasteiger charge is -2.25. The fourth-order valence-electron chi connectivity index (χ4n) is 4.18. The molecule has 1 aliphatic heterocycles. The second-order valence-electron chi connectivity index (χ2n) is 9.43. The van der Waals surface area contributed by atoms with E-state index in [0.717, 1.165) is 16.8 Å². The van der Waals surface area contributed by atoms with Gasteiger partial charge >= 0.3 is 0 Å². The van der Waals surface area contributed by atoms with Gasteiger partial charge in [-0.15, -0.1) is 11.8 Å². The van der Waals surface area contributed by atoms with Gasteiger partial charge in [0.1, 0.15) is 23.9 Å². The van der Waals surface area contributed by atoms with Crippen molar-refractivity contribution in [1.29, 1.82) is 0 Å². The summed E-state index contributed by atoms with van der Waals surface area (Å²) in [6, 6.07) is 5.67. The fourth-order valence-corrected chi connectivity index (χ4v) is 5.39. The van der Waals surface area contributed by atoms with Crippen LogP contribution >= 0.6 is 11.8 Å². The van der Waals surface area contributed by atoms with Gasteiger partial charge in [-0.25, -0.2) is 0 Å². The third-order valence-electron chi connectivity index (χ3n) is 5.82. The van der Waals surface area contributed by atoms with Crippen LogP contribution in [0.2, 0.25) is 0 Å². The summed E-state index contributed by atoms with van der Waals surface area (Å²) in [6.45, 7) is 7.26. The molecule has 35 heavy (non-hydrogen) atoms. The fraction of sp³-hybridized carbons (Fsp3) is 0.560. The Morgan fingerprint density at radius 2 is 1.97 bits per heavy atom. The van der Waals surface area contributed by atoms with E-state index in [4.69, 9.17) is 19.3 Å². The Kier molecular flexibility index (Phi) is 8.71. The standard InChI is InChI=1S/C25H36N4O5S/c1-25(2,3)23-21-22(17-13-16(33-6)9-10-18(17)34-7)35-15-20(31)29(24(21)28(4)27-23)14-19(30)26-11-8-12-32-5/h9-10,13,22H,8,11-12,14-15H2,1-7H3,(H,26,30)/t22-/m0/s1. The van der Waals surface area contributed by atoms with Crippen molar-refractivity contribution in [1.82, 2.24) is 15.1 Å². The van der Waals surface area contributed by atoms with Gasteiger partial charge in [0.25, 0.3) is 0 Å². The molecule has 2 amide bonds. The maximum absolute atomic E-state index is 13.4. The van der Waals surface area contributed by atoms with Crippen molar-refractivity contribution in [3.8, 4) is 11.5 Å². The molecule has 0 bridgehead atoms. The number of nitrogens with zero attached hydrogens (tertiary/aromatic N) is 3. The maximum atomic E-state index is 13.4. The van der Waals surface area contributed by atoms with Crippen LogP contribution in [0.1, 0.15) is 49.3 Å². The summed E-state index contributed by atoms with van der Waals surface area (Å²) in [4.78, 5) is 27.7. The predicted molar refractivity (Wildman–Crippen MR) is 138 cm³/mol. The van der Waals surface area contributed by atoms with Crippen LogP contribution in [0.5, 0.6) is 11.5 Å². The zero-order chi connectivity index (χ0) is 25.8. The molecular weight excluding hydrogens is 468 g/mol. The van der Waals surface area contributed by atoms with Gasteiger partial charge in [0.15, 0.2) is 0 Å². The van der Waals surface area contributed by atoms with Crippen LogP contribution in [0.15, 0.2) is 18.2 Å². The minimum absolute atomic E-state index is 0.0789. The molecule has 3 rings (SSSR count). The molecule has 0 saturated carbocycles. The van der Waals surface area contributed by atoms with Crippen LogP contribution in [0.4, 0.5) is 5.82 Å². The zero-order valence-corrected chi connectivity index (χ0v) is 22.5. The number of ether oxygens (including phenoxy) is 3. The lowest BCUT2D eigenvalue weighted by molar-refractivity contribution is -0.123. The highest BCUT2D eigenvalue weighted by atomic mass is 32.2. The number of thioether (sulfide) groups is 1. The summed E-state index contributed by atoms with van der Waals surface area (Å²) in [5, 5.41) is 7.49. The van der Waals surface area contributed by atoms with Gasteiger partial charge in [0.05, 0.1) is 30.9 Å². The van der Waals surface area contributed by atoms with Crippen molar-refractivity contribution in [2.45, 2.75) is 37.9 Å². The van der Waals surface area contributed by atoms with Crippen molar-refractivity contribution in [3.05, 3.63) is 35.0 Å². The Bertz CT molecular complexity index is 1060. The van der Waals surface area contributed by atoms with Crippen molar-refractivity contribution >= 4 is 29.4 Å². The number of rotatable bonds is 9. The minimum atomic E-state index is -0.294. The van der Waals surface area contributed by atoms with Crippen LogP contribution in [-0.4, -0.2) is 68.4 Å². The number of aryl methyl sites for hydroxylation is 1. The van der Waals surface area contributed by atoms with Gasteiger partial charge in [0, 0.05) is 43.9 Å². The molecular formula is C25H36N4O5S. The summed E-state index contributed by atoms with van der Waals surface area (Å²) >= 11 is 1.51. The van der Waals surface area contributed by atoms with Crippen LogP contribution in [0, 0.1) is 0 Å². The Morgan fingerprint density at radius 1 is 1.23 bits per heavy atom. The van der Waals surface area contributed by atoms with Crippen molar-refractivity contribution < 1.29 is 23.8 Å². The minimum Gasteiger partial charge on any atom is -0.497 e. The Balaban J connectivity index is 2.11. The summed E-state index contributed by atoms with van der Waals surface area (Å²) in [7, 11) is 6.70. The summed E-state index contributed by atoms with van der Waals surface area (Å²) in [6.07, 6.45) is 0.703. The monoisotopic (exact) mass is 504 g/mol. The number of fused-ring (bicyclic) bond motifs is 1. The van der Waals surface area contributed by atoms with Crippen LogP contribution in [0.3, 0.4) is 0 Å². The number of benzene rings is 1. The number of nitrogens with one attached hydrogen (secondary N) is 1. The molecule has 1 aliphatic rings. The molecule has 0 radical (unpaired) electrons. The number of amides is 2. The summed E-state index contributed by atoms with van der Waals surface area (Å²) in [5.41, 5.74) is 2.39. The summed E-state index contributed by atoms with van der Waals surface area (Å²) < 4.78 is 18.0. The van der Waals surface area contributed by atoms with Gasteiger partial charge in [-0.2, -0.15) is 5.10 Å². The molecule has 0 aliphatic carbocycles. The van der Waals surface area contributed by atoms with E-state index >= 15 is 0 Å². The molecule has 2 aromatic rings. The average molecular weight is 505 g/mol. The average Bonchev–Trinajstić information content (AvgIpc) is 3.10. The van der Waals surface area contributed by atoms with Crippen LogP contribution in [0.25, 0.3) is 0 Å². The largest absolute Gasteiger partial charge is 0.497 e. The van der Waals surface area contributed by atoms with Gasteiger partial charge < -0.3 is 19.5 Å². The van der Waals surface area contributed by atoms with Gasteiger partial charge in [-0.1, -0.05) is 20.8 Å². The topological polar surface area (TPSA) is 94.9 Å². The van der Waals surface area contributed by atoms with E-state index in [9.17, 15) is 9.59 Å². The first-order chi connectivity index (χ1) is 16.6. The molecule has 1 aromatic carbocycles. The number of anilines is 1. The van der Waals surface area contributed by atoms with E-state index in [1.165, 1.54) is 11.8 Å². The second kappa shape index (κ2) is 11.3. The summed E-state index contributed by atoms with van der Waals surface area (Å²) in [5.74, 6) is 1.88. The molecule has 0 saturated heterocycles. The number of methoxy groups -OCH3 is 3. The van der Waals surface area contributed by atoms with Crippen molar-refractivity contribution in [2.75, 3.05) is 51.7 Å². The van der Waals surface area contributed by atoms with Gasteiger partial charge in [-0.3, -0.25) is 19.2 Å². The molecule has 2 heterocycles. The molecule has 192 valence electrons. The molecule has 0 fully saturated rings. The van der Waals surface area contributed by atoms with Crippen LogP contribution in [-0.2, 0) is 26.8 Å². The SMILES string of the molecule is COCCCNC(=O)CN1C(=O)CS[C@@H](c2cc(OC)ccc2OC)c2c(C(C)(C)C)nn(C)c21. The smallest absolute Gasteiger partial charge is 0.240 e. The highest BCUT2D eigenvalue weighted by Gasteiger charge is 2.39. The van der Waals surface area contributed by atoms with E-state index < -0.39 is 0 Å². The first kappa shape index (κ1) is 26.9. The van der Waals surface area contributed by atoms with E-state index in [2.05, 4.69) is 26.1 Å². The zero-order valence-electron chi connectivity index (χ0n) is 21.6. The Morgan fingerprint density at radius 3 is 2.60 bits per heavy atom. The number of carbonyl (C=O) groups excluding carboxylic acids is 2. The van der Waals surface area contributed by atoms with Crippen LogP contribution < -0.4 is 19.7 Å². The first-order valence-corrected chi connectivity index (χ1v) is 12.6. The third-order valence-corrected chi connectivity index (χ3v) is 7.06. The van der Waals surface area contributed by atoms with E-state index in [0.29, 0.717) is 36.9 Å². The maximum Gasteiger partial charge on any atom is 0.240 e. The molecule has 1 N–H and O–H groups in total. The molecule has 1 atom stereocenters. The number of aromatic nitrogens is 2. The van der Waals surface area contributed by atoms with E-state index in [-0.39, 0.29) is 34.8 Å².